The molecule has 2 aromatic rings. The van der Waals surface area contributed by atoms with Gasteiger partial charge in [0.15, 0.2) is 5.11 Å². The maximum absolute atomic E-state index is 12.0. The lowest BCUT2D eigenvalue weighted by Crippen LogP contribution is -2.34. The van der Waals surface area contributed by atoms with Gasteiger partial charge in [0.25, 0.3) is 5.91 Å². The Bertz CT molecular complexity index is 648. The highest BCUT2D eigenvalue weighted by Gasteiger charge is 2.08. The first kappa shape index (κ1) is 15.1. The molecule has 0 saturated carbocycles. The number of anilines is 1. The molecule has 1 aromatic carbocycles. The zero-order chi connectivity index (χ0) is 14.5. The average molecular weight is 418 g/mol. The van der Waals surface area contributed by atoms with Crippen molar-refractivity contribution in [2.24, 2.45) is 0 Å². The lowest BCUT2D eigenvalue weighted by Gasteiger charge is -2.09. The van der Waals surface area contributed by atoms with Crippen LogP contribution in [0.2, 0.25) is 5.02 Å². The fourth-order valence-corrected chi connectivity index (χ4v) is 2.25. The lowest BCUT2D eigenvalue weighted by molar-refractivity contribution is 0.0977. The molecule has 1 heterocycles. The molecule has 0 aliphatic rings. The van der Waals surface area contributed by atoms with E-state index >= 15 is 0 Å². The van der Waals surface area contributed by atoms with Crippen LogP contribution >= 0.6 is 46.4 Å². The quantitative estimate of drug-likeness (QED) is 0.580. The summed E-state index contributed by atoms with van der Waals surface area (Å²) >= 11 is 12.9. The molecule has 2 N–H and O–H groups in total. The molecule has 0 bridgehead atoms. The van der Waals surface area contributed by atoms with Gasteiger partial charge < -0.3 is 5.32 Å². The standard InChI is InChI=1S/C13H9ClIN3OS/c14-9-4-5-11(16-7-9)17-13(20)18-12(19)8-2-1-3-10(15)6-8/h1-7H,(H2,16,17,18,19,20). The van der Waals surface area contributed by atoms with E-state index in [0.29, 0.717) is 16.4 Å². The van der Waals surface area contributed by atoms with Gasteiger partial charge in [-0.15, -0.1) is 0 Å². The number of halogens is 2. The van der Waals surface area contributed by atoms with Gasteiger partial charge in [-0.3, -0.25) is 10.1 Å². The number of aromatic nitrogens is 1. The molecule has 2 rings (SSSR count). The van der Waals surface area contributed by atoms with Crippen molar-refractivity contribution < 1.29 is 4.79 Å². The number of benzene rings is 1. The largest absolute Gasteiger partial charge is 0.317 e. The van der Waals surface area contributed by atoms with Crippen molar-refractivity contribution >= 4 is 63.2 Å². The number of pyridine rings is 1. The molecular formula is C13H9ClIN3OS. The van der Waals surface area contributed by atoms with Crippen LogP contribution in [0.25, 0.3) is 0 Å². The molecule has 4 nitrogen and oxygen atoms in total. The van der Waals surface area contributed by atoms with E-state index in [1.807, 2.05) is 12.1 Å². The zero-order valence-electron chi connectivity index (χ0n) is 10.1. The number of thiocarbonyl (C=S) groups is 1. The highest BCUT2D eigenvalue weighted by molar-refractivity contribution is 14.1. The summed E-state index contributed by atoms with van der Waals surface area (Å²) in [5.41, 5.74) is 0.546. The van der Waals surface area contributed by atoms with Crippen molar-refractivity contribution in [3.63, 3.8) is 0 Å². The molecule has 102 valence electrons. The number of carbonyl (C=O) groups is 1. The Balaban J connectivity index is 1.97. The van der Waals surface area contributed by atoms with Crippen LogP contribution in [0, 0.1) is 3.57 Å². The van der Waals surface area contributed by atoms with Gasteiger partial charge in [0.05, 0.1) is 5.02 Å². The third-order valence-corrected chi connectivity index (χ3v) is 3.38. The summed E-state index contributed by atoms with van der Waals surface area (Å²) in [6.07, 6.45) is 1.49. The molecule has 0 radical (unpaired) electrons. The molecule has 0 saturated heterocycles. The van der Waals surface area contributed by atoms with E-state index < -0.39 is 0 Å². The summed E-state index contributed by atoms with van der Waals surface area (Å²) in [6.45, 7) is 0. The van der Waals surface area contributed by atoms with Gasteiger partial charge in [0, 0.05) is 15.3 Å². The first-order valence-electron chi connectivity index (χ1n) is 5.54. The Kier molecular flexibility index (Phi) is 5.27. The lowest BCUT2D eigenvalue weighted by atomic mass is 10.2. The number of carbonyl (C=O) groups excluding carboxylic acids is 1. The number of nitrogens with one attached hydrogen (secondary N) is 2. The van der Waals surface area contributed by atoms with E-state index in [4.69, 9.17) is 23.8 Å². The minimum Gasteiger partial charge on any atom is -0.317 e. The highest BCUT2D eigenvalue weighted by atomic mass is 127. The number of hydrogen-bond acceptors (Lipinski definition) is 3. The van der Waals surface area contributed by atoms with Gasteiger partial charge >= 0.3 is 0 Å². The molecular weight excluding hydrogens is 409 g/mol. The monoisotopic (exact) mass is 417 g/mol. The van der Waals surface area contributed by atoms with Crippen LogP contribution in [0.3, 0.4) is 0 Å². The van der Waals surface area contributed by atoms with Crippen LogP contribution in [-0.4, -0.2) is 16.0 Å². The number of rotatable bonds is 2. The van der Waals surface area contributed by atoms with E-state index in [-0.39, 0.29) is 11.0 Å². The number of amides is 1. The van der Waals surface area contributed by atoms with Crippen LogP contribution in [0.15, 0.2) is 42.6 Å². The summed E-state index contributed by atoms with van der Waals surface area (Å²) in [4.78, 5) is 16.0. The van der Waals surface area contributed by atoms with Gasteiger partial charge in [-0.25, -0.2) is 4.98 Å². The maximum atomic E-state index is 12.0. The molecule has 0 fully saturated rings. The van der Waals surface area contributed by atoms with Crippen LogP contribution in [-0.2, 0) is 0 Å². The molecule has 20 heavy (non-hydrogen) atoms. The predicted molar refractivity (Wildman–Crippen MR) is 92.1 cm³/mol. The van der Waals surface area contributed by atoms with Crippen LogP contribution in [0.5, 0.6) is 0 Å². The van der Waals surface area contributed by atoms with Gasteiger partial charge in [-0.05, 0) is 65.1 Å². The molecule has 7 heteroatoms. The summed E-state index contributed by atoms with van der Waals surface area (Å²) in [5, 5.41) is 6.12. The number of hydrogen-bond donors (Lipinski definition) is 2. The van der Waals surface area contributed by atoms with Crippen molar-refractivity contribution in [1.82, 2.24) is 10.3 Å². The predicted octanol–water partition coefficient (Wildman–Crippen LogP) is 3.47. The average Bonchev–Trinajstić information content (AvgIpc) is 2.41. The fraction of sp³-hybridized carbons (Fsp3) is 0. The SMILES string of the molecule is O=C(NC(=S)Nc1ccc(Cl)cn1)c1cccc(I)c1. The van der Waals surface area contributed by atoms with E-state index in [1.54, 1.807) is 24.3 Å². The third kappa shape index (κ3) is 4.39. The smallest absolute Gasteiger partial charge is 0.257 e. The minimum atomic E-state index is -0.269. The van der Waals surface area contributed by atoms with E-state index in [9.17, 15) is 4.79 Å². The minimum absolute atomic E-state index is 0.184. The second-order valence-corrected chi connectivity index (χ2v) is 5.87. The summed E-state index contributed by atoms with van der Waals surface area (Å²) in [7, 11) is 0. The fourth-order valence-electron chi connectivity index (χ4n) is 1.40. The first-order chi connectivity index (χ1) is 9.54. The van der Waals surface area contributed by atoms with Crippen molar-refractivity contribution in [2.75, 3.05) is 5.32 Å². The molecule has 0 unspecified atom stereocenters. The first-order valence-corrected chi connectivity index (χ1v) is 7.40. The van der Waals surface area contributed by atoms with Gasteiger partial charge in [0.1, 0.15) is 5.82 Å². The van der Waals surface area contributed by atoms with Gasteiger partial charge in [-0.1, -0.05) is 17.7 Å². The third-order valence-electron chi connectivity index (χ3n) is 2.28. The zero-order valence-corrected chi connectivity index (χ0v) is 13.8. The van der Waals surface area contributed by atoms with Crippen molar-refractivity contribution in [2.45, 2.75) is 0 Å². The van der Waals surface area contributed by atoms with E-state index in [1.165, 1.54) is 6.20 Å². The molecule has 1 amide bonds. The summed E-state index contributed by atoms with van der Waals surface area (Å²) < 4.78 is 0.980. The van der Waals surface area contributed by atoms with Crippen molar-refractivity contribution in [3.05, 3.63) is 56.8 Å². The van der Waals surface area contributed by atoms with E-state index in [2.05, 4.69) is 38.2 Å². The topological polar surface area (TPSA) is 54.0 Å². The maximum Gasteiger partial charge on any atom is 0.257 e. The molecule has 0 aliphatic heterocycles. The van der Waals surface area contributed by atoms with Crippen LogP contribution in [0.1, 0.15) is 10.4 Å². The second kappa shape index (κ2) is 6.96. The van der Waals surface area contributed by atoms with Crippen LogP contribution in [0.4, 0.5) is 5.82 Å². The number of nitrogens with zero attached hydrogens (tertiary/aromatic N) is 1. The Morgan fingerprint density at radius 2 is 2.10 bits per heavy atom. The highest BCUT2D eigenvalue weighted by Crippen LogP contribution is 2.10. The molecule has 0 aliphatic carbocycles. The van der Waals surface area contributed by atoms with Crippen molar-refractivity contribution in [3.8, 4) is 0 Å². The van der Waals surface area contributed by atoms with Gasteiger partial charge in [0.2, 0.25) is 0 Å². The van der Waals surface area contributed by atoms with Gasteiger partial charge in [-0.2, -0.15) is 0 Å². The normalized spacial score (nSPS) is 9.90. The van der Waals surface area contributed by atoms with Crippen LogP contribution < -0.4 is 10.6 Å². The Morgan fingerprint density at radius 1 is 1.30 bits per heavy atom. The Hall–Kier alpha value is -1.25. The molecule has 0 spiro atoms. The second-order valence-electron chi connectivity index (χ2n) is 3.78. The Labute approximate surface area is 140 Å². The molecule has 1 aromatic heterocycles. The van der Waals surface area contributed by atoms with E-state index in [0.717, 1.165) is 3.57 Å². The Morgan fingerprint density at radius 3 is 2.75 bits per heavy atom. The molecule has 0 atom stereocenters. The summed E-state index contributed by atoms with van der Waals surface area (Å²) in [5.74, 6) is 0.248. The van der Waals surface area contributed by atoms with Crippen molar-refractivity contribution in [1.29, 1.82) is 0 Å². The summed E-state index contributed by atoms with van der Waals surface area (Å²) in [6, 6.07) is 10.6.